The lowest BCUT2D eigenvalue weighted by Gasteiger charge is -2.30. The van der Waals surface area contributed by atoms with Crippen LogP contribution in [0.25, 0.3) is 0 Å². The second-order valence-corrected chi connectivity index (χ2v) is 5.82. The van der Waals surface area contributed by atoms with Crippen molar-refractivity contribution in [3.8, 4) is 0 Å². The molecule has 5 nitrogen and oxygen atoms in total. The van der Waals surface area contributed by atoms with Gasteiger partial charge in [0.25, 0.3) is 0 Å². The predicted octanol–water partition coefficient (Wildman–Crippen LogP) is 2.66. The van der Waals surface area contributed by atoms with Crippen molar-refractivity contribution in [1.29, 1.82) is 0 Å². The minimum Gasteiger partial charge on any atom is -0.409 e. The van der Waals surface area contributed by atoms with Crippen LogP contribution in [0.4, 0.5) is 5.69 Å². The average Bonchev–Trinajstić information content (AvgIpc) is 2.35. The van der Waals surface area contributed by atoms with Gasteiger partial charge in [0, 0.05) is 18.8 Å². The van der Waals surface area contributed by atoms with E-state index in [1.54, 1.807) is 0 Å². The summed E-state index contributed by atoms with van der Waals surface area (Å²) in [6, 6.07) is 2.35. The molecule has 1 aromatic heterocycles. The van der Waals surface area contributed by atoms with Gasteiger partial charge in [0.2, 0.25) is 0 Å². The van der Waals surface area contributed by atoms with Gasteiger partial charge in [-0.25, -0.2) is 0 Å². The van der Waals surface area contributed by atoms with E-state index in [0.717, 1.165) is 23.5 Å². The maximum absolute atomic E-state index is 8.99. The quantitative estimate of drug-likeness (QED) is 0.376. The Labute approximate surface area is 121 Å². The number of rotatable bonds is 5. The number of anilines is 1. The molecule has 1 rings (SSSR count). The summed E-state index contributed by atoms with van der Waals surface area (Å²) < 4.78 is 0. The van der Waals surface area contributed by atoms with E-state index in [1.165, 1.54) is 0 Å². The fourth-order valence-corrected chi connectivity index (χ4v) is 2.53. The molecule has 0 aromatic carbocycles. The molecule has 0 fully saturated rings. The second kappa shape index (κ2) is 6.59. The molecule has 0 saturated carbocycles. The predicted molar refractivity (Wildman–Crippen MR) is 83.5 cm³/mol. The van der Waals surface area contributed by atoms with Crippen LogP contribution in [0.3, 0.4) is 0 Å². The SMILES string of the molecule is Cc1cc(N(C)C(C)CC(C)C)c(/C(N)=N/O)c(C)n1. The summed E-state index contributed by atoms with van der Waals surface area (Å²) in [6.45, 7) is 10.4. The summed E-state index contributed by atoms with van der Waals surface area (Å²) in [5.41, 5.74) is 9.18. The molecule has 20 heavy (non-hydrogen) atoms. The molecule has 3 N–H and O–H groups in total. The fourth-order valence-electron chi connectivity index (χ4n) is 2.53. The van der Waals surface area contributed by atoms with Crippen molar-refractivity contribution in [2.45, 2.75) is 47.1 Å². The highest BCUT2D eigenvalue weighted by Crippen LogP contribution is 2.26. The van der Waals surface area contributed by atoms with Gasteiger partial charge in [-0.15, -0.1) is 0 Å². The lowest BCUT2D eigenvalue weighted by atomic mass is 10.0. The number of nitrogens with two attached hydrogens (primary N) is 1. The molecule has 0 aliphatic carbocycles. The fraction of sp³-hybridized carbons (Fsp3) is 0.600. The zero-order chi connectivity index (χ0) is 15.4. The average molecular weight is 278 g/mol. The summed E-state index contributed by atoms with van der Waals surface area (Å²) in [5, 5.41) is 12.1. The van der Waals surface area contributed by atoms with Gasteiger partial charge in [0.1, 0.15) is 0 Å². The van der Waals surface area contributed by atoms with E-state index in [0.29, 0.717) is 17.5 Å². The molecular formula is C15H26N4O. The molecule has 0 bridgehead atoms. The van der Waals surface area contributed by atoms with E-state index in [9.17, 15) is 0 Å². The molecule has 112 valence electrons. The molecule has 1 atom stereocenters. The number of aryl methyl sites for hydroxylation is 2. The number of pyridine rings is 1. The van der Waals surface area contributed by atoms with Crippen LogP contribution >= 0.6 is 0 Å². The van der Waals surface area contributed by atoms with E-state index < -0.39 is 0 Å². The van der Waals surface area contributed by atoms with Crippen molar-refractivity contribution in [2.24, 2.45) is 16.8 Å². The van der Waals surface area contributed by atoms with Crippen LogP contribution in [0.5, 0.6) is 0 Å². The van der Waals surface area contributed by atoms with Crippen LogP contribution in [0.1, 0.15) is 44.1 Å². The van der Waals surface area contributed by atoms with Crippen molar-refractivity contribution >= 4 is 11.5 Å². The number of oxime groups is 1. The second-order valence-electron chi connectivity index (χ2n) is 5.82. The summed E-state index contributed by atoms with van der Waals surface area (Å²) in [7, 11) is 2.04. The summed E-state index contributed by atoms with van der Waals surface area (Å²) >= 11 is 0. The maximum Gasteiger partial charge on any atom is 0.174 e. The Morgan fingerprint density at radius 2 is 2.00 bits per heavy atom. The first-order chi connectivity index (χ1) is 9.27. The van der Waals surface area contributed by atoms with Gasteiger partial charge in [-0.05, 0) is 39.2 Å². The molecule has 0 aliphatic heterocycles. The summed E-state index contributed by atoms with van der Waals surface area (Å²) in [5.74, 6) is 0.720. The lowest BCUT2D eigenvalue weighted by molar-refractivity contribution is 0.318. The minimum absolute atomic E-state index is 0.105. The third kappa shape index (κ3) is 3.62. The first-order valence-electron chi connectivity index (χ1n) is 6.96. The molecule has 1 unspecified atom stereocenters. The number of amidine groups is 1. The Morgan fingerprint density at radius 3 is 2.50 bits per heavy atom. The van der Waals surface area contributed by atoms with E-state index in [-0.39, 0.29) is 5.84 Å². The molecule has 5 heteroatoms. The summed E-state index contributed by atoms with van der Waals surface area (Å²) in [6.07, 6.45) is 1.08. The number of hydrogen-bond donors (Lipinski definition) is 2. The standard InChI is InChI=1S/C15H26N4O/c1-9(2)7-11(4)19(6)13-8-10(3)17-12(5)14(13)15(16)18-20/h8-9,11,20H,7H2,1-6H3,(H2,16,18). The van der Waals surface area contributed by atoms with Gasteiger partial charge in [-0.1, -0.05) is 19.0 Å². The van der Waals surface area contributed by atoms with Gasteiger partial charge in [-0.2, -0.15) is 0 Å². The van der Waals surface area contributed by atoms with Crippen molar-refractivity contribution < 1.29 is 5.21 Å². The van der Waals surface area contributed by atoms with Gasteiger partial charge >= 0.3 is 0 Å². The normalized spacial score (nSPS) is 13.7. The Morgan fingerprint density at radius 1 is 1.40 bits per heavy atom. The highest BCUT2D eigenvalue weighted by Gasteiger charge is 2.19. The first kappa shape index (κ1) is 16.3. The number of aromatic nitrogens is 1. The minimum atomic E-state index is 0.105. The molecule has 0 spiro atoms. The molecule has 0 saturated heterocycles. The third-order valence-corrected chi connectivity index (χ3v) is 3.53. The topological polar surface area (TPSA) is 74.7 Å². The highest BCUT2D eigenvalue weighted by molar-refractivity contribution is 6.03. The number of nitrogens with zero attached hydrogens (tertiary/aromatic N) is 3. The monoisotopic (exact) mass is 278 g/mol. The zero-order valence-electron chi connectivity index (χ0n) is 13.3. The molecule has 0 radical (unpaired) electrons. The van der Waals surface area contributed by atoms with Crippen LogP contribution in [0.2, 0.25) is 0 Å². The smallest absolute Gasteiger partial charge is 0.174 e. The van der Waals surface area contributed by atoms with E-state index in [1.807, 2.05) is 27.0 Å². The lowest BCUT2D eigenvalue weighted by Crippen LogP contribution is -2.33. The first-order valence-corrected chi connectivity index (χ1v) is 6.96. The largest absolute Gasteiger partial charge is 0.409 e. The van der Waals surface area contributed by atoms with Crippen LogP contribution in [0.15, 0.2) is 11.2 Å². The molecule has 1 heterocycles. The Kier molecular flexibility index (Phi) is 5.36. The van der Waals surface area contributed by atoms with Crippen molar-refractivity contribution in [3.63, 3.8) is 0 Å². The number of hydrogen-bond acceptors (Lipinski definition) is 4. The molecule has 0 amide bonds. The highest BCUT2D eigenvalue weighted by atomic mass is 16.4. The third-order valence-electron chi connectivity index (χ3n) is 3.53. The zero-order valence-corrected chi connectivity index (χ0v) is 13.3. The van der Waals surface area contributed by atoms with Gasteiger partial charge < -0.3 is 15.8 Å². The van der Waals surface area contributed by atoms with Crippen LogP contribution < -0.4 is 10.6 Å². The van der Waals surface area contributed by atoms with Crippen molar-refractivity contribution in [2.75, 3.05) is 11.9 Å². The van der Waals surface area contributed by atoms with E-state index >= 15 is 0 Å². The molecule has 1 aromatic rings. The van der Waals surface area contributed by atoms with Crippen LogP contribution in [0, 0.1) is 19.8 Å². The van der Waals surface area contributed by atoms with Gasteiger partial charge in [-0.3, -0.25) is 4.98 Å². The van der Waals surface area contributed by atoms with Crippen LogP contribution in [-0.2, 0) is 0 Å². The van der Waals surface area contributed by atoms with Crippen molar-refractivity contribution in [3.05, 3.63) is 23.0 Å². The molecular weight excluding hydrogens is 252 g/mol. The van der Waals surface area contributed by atoms with E-state index in [2.05, 4.69) is 35.8 Å². The maximum atomic E-state index is 8.99. The Bertz CT molecular complexity index is 497. The van der Waals surface area contributed by atoms with Gasteiger partial charge in [0.15, 0.2) is 5.84 Å². The van der Waals surface area contributed by atoms with Crippen molar-refractivity contribution in [1.82, 2.24) is 4.98 Å². The Balaban J connectivity index is 3.28. The Hall–Kier alpha value is -1.78. The van der Waals surface area contributed by atoms with Crippen LogP contribution in [-0.4, -0.2) is 29.1 Å². The molecule has 0 aliphatic rings. The van der Waals surface area contributed by atoms with E-state index in [4.69, 9.17) is 10.9 Å². The summed E-state index contributed by atoms with van der Waals surface area (Å²) in [4.78, 5) is 6.58. The van der Waals surface area contributed by atoms with Gasteiger partial charge in [0.05, 0.1) is 16.9 Å².